The van der Waals surface area contributed by atoms with Gasteiger partial charge in [0.25, 0.3) is 0 Å². The predicted octanol–water partition coefficient (Wildman–Crippen LogP) is 1.86. The van der Waals surface area contributed by atoms with Crippen molar-refractivity contribution in [3.63, 3.8) is 0 Å². The zero-order valence-corrected chi connectivity index (χ0v) is 9.84. The first-order valence-electron chi connectivity index (χ1n) is 6.06. The second-order valence-corrected chi connectivity index (χ2v) is 5.75. The highest BCUT2D eigenvalue weighted by molar-refractivity contribution is 4.90. The first kappa shape index (κ1) is 10.4. The Kier molecular flexibility index (Phi) is 2.85. The van der Waals surface area contributed by atoms with Crippen molar-refractivity contribution in [1.82, 2.24) is 10.2 Å². The molecule has 2 heteroatoms. The summed E-state index contributed by atoms with van der Waals surface area (Å²) in [6.45, 7) is 10.8. The van der Waals surface area contributed by atoms with Crippen molar-refractivity contribution in [2.24, 2.45) is 5.41 Å². The van der Waals surface area contributed by atoms with Gasteiger partial charge < -0.3 is 5.32 Å². The summed E-state index contributed by atoms with van der Waals surface area (Å²) in [5, 5.41) is 3.54. The Labute approximate surface area is 88.1 Å². The molecule has 2 aliphatic rings. The summed E-state index contributed by atoms with van der Waals surface area (Å²) in [6.07, 6.45) is 4.34. The van der Waals surface area contributed by atoms with E-state index >= 15 is 0 Å². The van der Waals surface area contributed by atoms with E-state index in [4.69, 9.17) is 0 Å². The zero-order valence-electron chi connectivity index (χ0n) is 9.84. The third-order valence-corrected chi connectivity index (χ3v) is 4.04. The highest BCUT2D eigenvalue weighted by Gasteiger charge is 2.35. The topological polar surface area (TPSA) is 15.3 Å². The molecule has 1 aliphatic heterocycles. The fraction of sp³-hybridized carbons (Fsp3) is 1.00. The Balaban J connectivity index is 1.88. The Morgan fingerprint density at radius 1 is 1.36 bits per heavy atom. The maximum absolute atomic E-state index is 3.54. The normalized spacial score (nSPS) is 37.9. The lowest BCUT2D eigenvalue weighted by atomic mass is 9.70. The average Bonchev–Trinajstić information content (AvgIpc) is 2.09. The molecule has 1 heterocycles. The SMILES string of the molecule is CC1CN(CC2(C)CCC2)C(C)CN1. The summed E-state index contributed by atoms with van der Waals surface area (Å²) in [6, 6.07) is 1.40. The lowest BCUT2D eigenvalue weighted by Gasteiger charge is -2.47. The number of nitrogens with one attached hydrogen (secondary N) is 1. The van der Waals surface area contributed by atoms with Crippen LogP contribution in [0.4, 0.5) is 0 Å². The Bertz CT molecular complexity index is 198. The summed E-state index contributed by atoms with van der Waals surface area (Å²) in [7, 11) is 0. The minimum absolute atomic E-state index is 0.644. The first-order chi connectivity index (χ1) is 6.59. The van der Waals surface area contributed by atoms with Gasteiger partial charge in [-0.1, -0.05) is 13.3 Å². The molecule has 1 aliphatic carbocycles. The van der Waals surface area contributed by atoms with Crippen LogP contribution in [0.1, 0.15) is 40.0 Å². The molecule has 1 saturated heterocycles. The first-order valence-corrected chi connectivity index (χ1v) is 6.06. The van der Waals surface area contributed by atoms with Crippen LogP contribution in [-0.2, 0) is 0 Å². The van der Waals surface area contributed by atoms with Gasteiger partial charge in [0.05, 0.1) is 0 Å². The van der Waals surface area contributed by atoms with Crippen LogP contribution in [0.2, 0.25) is 0 Å². The van der Waals surface area contributed by atoms with Crippen molar-refractivity contribution >= 4 is 0 Å². The van der Waals surface area contributed by atoms with Crippen LogP contribution in [0, 0.1) is 5.41 Å². The molecule has 2 nitrogen and oxygen atoms in total. The van der Waals surface area contributed by atoms with Crippen LogP contribution >= 0.6 is 0 Å². The summed E-state index contributed by atoms with van der Waals surface area (Å²) in [4.78, 5) is 2.68. The summed E-state index contributed by atoms with van der Waals surface area (Å²) in [5.41, 5.74) is 0.644. The van der Waals surface area contributed by atoms with Crippen molar-refractivity contribution in [3.8, 4) is 0 Å². The van der Waals surface area contributed by atoms with Gasteiger partial charge in [-0.2, -0.15) is 0 Å². The van der Waals surface area contributed by atoms with E-state index in [1.165, 1.54) is 32.4 Å². The lowest BCUT2D eigenvalue weighted by molar-refractivity contribution is 0.0435. The van der Waals surface area contributed by atoms with E-state index in [1.54, 1.807) is 0 Å². The van der Waals surface area contributed by atoms with E-state index in [1.807, 2.05) is 0 Å². The molecule has 2 rings (SSSR count). The molecule has 0 amide bonds. The van der Waals surface area contributed by atoms with Crippen molar-refractivity contribution in [3.05, 3.63) is 0 Å². The molecule has 0 aromatic rings. The third kappa shape index (κ3) is 2.12. The molecule has 1 saturated carbocycles. The average molecular weight is 196 g/mol. The van der Waals surface area contributed by atoms with Crippen LogP contribution in [0.15, 0.2) is 0 Å². The van der Waals surface area contributed by atoms with Gasteiger partial charge in [-0.15, -0.1) is 0 Å². The van der Waals surface area contributed by atoms with Gasteiger partial charge in [0.15, 0.2) is 0 Å². The van der Waals surface area contributed by atoms with Gasteiger partial charge in [-0.3, -0.25) is 4.90 Å². The molecule has 0 aromatic carbocycles. The van der Waals surface area contributed by atoms with Crippen LogP contribution in [0.3, 0.4) is 0 Å². The molecular formula is C12H24N2. The van der Waals surface area contributed by atoms with E-state index in [2.05, 4.69) is 31.0 Å². The van der Waals surface area contributed by atoms with Crippen LogP contribution in [-0.4, -0.2) is 36.6 Å². The number of hydrogen-bond acceptors (Lipinski definition) is 2. The van der Waals surface area contributed by atoms with Crippen molar-refractivity contribution < 1.29 is 0 Å². The fourth-order valence-corrected chi connectivity index (χ4v) is 2.75. The third-order valence-electron chi connectivity index (χ3n) is 4.04. The Morgan fingerprint density at radius 3 is 2.64 bits per heavy atom. The number of nitrogens with zero attached hydrogens (tertiary/aromatic N) is 1. The fourth-order valence-electron chi connectivity index (χ4n) is 2.75. The predicted molar refractivity (Wildman–Crippen MR) is 60.5 cm³/mol. The molecule has 0 aromatic heterocycles. The second kappa shape index (κ2) is 3.82. The van der Waals surface area contributed by atoms with E-state index < -0.39 is 0 Å². The number of rotatable bonds is 2. The molecular weight excluding hydrogens is 172 g/mol. The Morgan fingerprint density at radius 2 is 2.07 bits per heavy atom. The number of hydrogen-bond donors (Lipinski definition) is 1. The zero-order chi connectivity index (χ0) is 10.2. The van der Waals surface area contributed by atoms with Gasteiger partial charge in [0, 0.05) is 31.7 Å². The highest BCUT2D eigenvalue weighted by atomic mass is 15.2. The number of piperazine rings is 1. The van der Waals surface area contributed by atoms with E-state index in [0.29, 0.717) is 11.5 Å². The Hall–Kier alpha value is -0.0800. The van der Waals surface area contributed by atoms with Gasteiger partial charge in [-0.25, -0.2) is 0 Å². The molecule has 2 unspecified atom stereocenters. The molecule has 2 atom stereocenters. The van der Waals surface area contributed by atoms with Gasteiger partial charge in [0.2, 0.25) is 0 Å². The van der Waals surface area contributed by atoms with Crippen LogP contribution < -0.4 is 5.32 Å². The highest BCUT2D eigenvalue weighted by Crippen LogP contribution is 2.41. The van der Waals surface area contributed by atoms with Gasteiger partial charge in [-0.05, 0) is 32.1 Å². The largest absolute Gasteiger partial charge is 0.311 e. The lowest BCUT2D eigenvalue weighted by Crippen LogP contribution is -2.57. The van der Waals surface area contributed by atoms with Crippen LogP contribution in [0.5, 0.6) is 0 Å². The monoisotopic (exact) mass is 196 g/mol. The van der Waals surface area contributed by atoms with E-state index in [-0.39, 0.29) is 0 Å². The van der Waals surface area contributed by atoms with E-state index in [0.717, 1.165) is 12.6 Å². The standard InChI is InChI=1S/C12H24N2/c1-10-8-14(11(2)7-13-10)9-12(3)5-4-6-12/h10-11,13H,4-9H2,1-3H3. The summed E-state index contributed by atoms with van der Waals surface area (Å²) in [5.74, 6) is 0. The summed E-state index contributed by atoms with van der Waals surface area (Å²) < 4.78 is 0. The quantitative estimate of drug-likeness (QED) is 0.725. The van der Waals surface area contributed by atoms with Gasteiger partial charge >= 0.3 is 0 Å². The molecule has 14 heavy (non-hydrogen) atoms. The van der Waals surface area contributed by atoms with Gasteiger partial charge in [0.1, 0.15) is 0 Å². The van der Waals surface area contributed by atoms with Crippen molar-refractivity contribution in [1.29, 1.82) is 0 Å². The molecule has 1 N–H and O–H groups in total. The second-order valence-electron chi connectivity index (χ2n) is 5.75. The molecule has 82 valence electrons. The smallest absolute Gasteiger partial charge is 0.0193 e. The summed E-state index contributed by atoms with van der Waals surface area (Å²) >= 11 is 0. The molecule has 0 spiro atoms. The van der Waals surface area contributed by atoms with E-state index in [9.17, 15) is 0 Å². The molecule has 2 fully saturated rings. The van der Waals surface area contributed by atoms with Crippen molar-refractivity contribution in [2.45, 2.75) is 52.1 Å². The maximum Gasteiger partial charge on any atom is 0.0193 e. The minimum atomic E-state index is 0.644. The molecule has 0 bridgehead atoms. The minimum Gasteiger partial charge on any atom is -0.311 e. The van der Waals surface area contributed by atoms with Crippen LogP contribution in [0.25, 0.3) is 0 Å². The molecule has 0 radical (unpaired) electrons. The van der Waals surface area contributed by atoms with Crippen molar-refractivity contribution in [2.75, 3.05) is 19.6 Å². The maximum atomic E-state index is 3.54.